The zero-order valence-corrected chi connectivity index (χ0v) is 10.7. The lowest BCUT2D eigenvalue weighted by atomic mass is 10.2. The molecule has 0 bridgehead atoms. The van der Waals surface area contributed by atoms with E-state index in [2.05, 4.69) is 4.37 Å². The van der Waals surface area contributed by atoms with Crippen molar-refractivity contribution in [1.82, 2.24) is 4.37 Å². The summed E-state index contributed by atoms with van der Waals surface area (Å²) < 4.78 is 3.95. The second-order valence-corrected chi connectivity index (χ2v) is 4.42. The predicted molar refractivity (Wildman–Crippen MR) is 65.5 cm³/mol. The summed E-state index contributed by atoms with van der Waals surface area (Å²) in [5, 5.41) is 9.38. The van der Waals surface area contributed by atoms with Gasteiger partial charge in [-0.05, 0) is 24.9 Å². The fourth-order valence-corrected chi connectivity index (χ4v) is 2.21. The summed E-state index contributed by atoms with van der Waals surface area (Å²) in [6, 6.07) is -0.621. The molecule has 7 heteroatoms. The van der Waals surface area contributed by atoms with Crippen molar-refractivity contribution in [2.75, 3.05) is 11.9 Å². The second kappa shape index (κ2) is 5.24. The highest BCUT2D eigenvalue weighted by molar-refractivity contribution is 7.11. The smallest absolute Gasteiger partial charge is 0.340 e. The van der Waals surface area contributed by atoms with Crippen LogP contribution in [0.1, 0.15) is 29.4 Å². The van der Waals surface area contributed by atoms with Crippen LogP contribution >= 0.6 is 11.5 Å². The molecule has 1 aromatic heterocycles. The van der Waals surface area contributed by atoms with E-state index in [1.807, 2.05) is 0 Å². The number of aromatic carboxylic acids is 1. The first-order valence-corrected chi connectivity index (χ1v) is 5.90. The fraction of sp³-hybridized carbons (Fsp3) is 0.500. The van der Waals surface area contributed by atoms with Crippen LogP contribution in [0.15, 0.2) is 0 Å². The van der Waals surface area contributed by atoms with Crippen molar-refractivity contribution in [2.45, 2.75) is 26.3 Å². The number of carboxylic acid groups (broad SMARTS) is 1. The van der Waals surface area contributed by atoms with Gasteiger partial charge in [0.05, 0.1) is 11.7 Å². The van der Waals surface area contributed by atoms with Gasteiger partial charge in [0.15, 0.2) is 0 Å². The van der Waals surface area contributed by atoms with E-state index >= 15 is 0 Å². The Hall–Kier alpha value is -1.47. The summed E-state index contributed by atoms with van der Waals surface area (Å²) in [6.07, 6.45) is 0.503. The molecule has 0 saturated heterocycles. The van der Waals surface area contributed by atoms with Gasteiger partial charge in [0.1, 0.15) is 10.6 Å². The van der Waals surface area contributed by atoms with Gasteiger partial charge in [-0.25, -0.2) is 4.79 Å². The van der Waals surface area contributed by atoms with Crippen molar-refractivity contribution in [1.29, 1.82) is 0 Å². The number of amides is 1. The molecule has 0 aliphatic heterocycles. The third kappa shape index (κ3) is 2.62. The Morgan fingerprint density at radius 2 is 2.18 bits per heavy atom. The quantitative estimate of drug-likeness (QED) is 0.833. The number of nitrogens with zero attached hydrogens (tertiary/aromatic N) is 2. The van der Waals surface area contributed by atoms with E-state index in [1.54, 1.807) is 13.8 Å². The number of nitrogens with two attached hydrogens (primary N) is 1. The monoisotopic (exact) mass is 257 g/mol. The van der Waals surface area contributed by atoms with Crippen LogP contribution in [-0.4, -0.2) is 34.4 Å². The number of rotatable bonds is 4. The number of carboxylic acids is 1. The molecule has 1 rings (SSSR count). The summed E-state index contributed by atoms with van der Waals surface area (Å²) in [6.45, 7) is 3.40. The van der Waals surface area contributed by atoms with Gasteiger partial charge in [-0.3, -0.25) is 4.79 Å². The van der Waals surface area contributed by atoms with Gasteiger partial charge in [-0.15, -0.1) is 0 Å². The lowest BCUT2D eigenvalue weighted by molar-refractivity contribution is -0.119. The minimum atomic E-state index is -1.09. The Bertz CT molecular complexity index is 444. The third-order valence-electron chi connectivity index (χ3n) is 2.45. The molecule has 0 saturated carbocycles. The molecule has 6 nitrogen and oxygen atoms in total. The largest absolute Gasteiger partial charge is 0.478 e. The first kappa shape index (κ1) is 13.6. The van der Waals surface area contributed by atoms with E-state index in [4.69, 9.17) is 10.8 Å². The van der Waals surface area contributed by atoms with Crippen molar-refractivity contribution < 1.29 is 14.7 Å². The van der Waals surface area contributed by atoms with Gasteiger partial charge >= 0.3 is 5.97 Å². The molecule has 1 amide bonds. The molecule has 94 valence electrons. The molecule has 1 aromatic rings. The fourth-order valence-electron chi connectivity index (χ4n) is 1.36. The third-order valence-corrected chi connectivity index (χ3v) is 3.47. The SMILES string of the molecule is CCC(N)C(=O)N(C)c1snc(C)c1C(=O)O. The number of hydrogen-bond donors (Lipinski definition) is 2. The van der Waals surface area contributed by atoms with Crippen LogP contribution in [0, 0.1) is 6.92 Å². The molecular weight excluding hydrogens is 242 g/mol. The van der Waals surface area contributed by atoms with Gasteiger partial charge in [-0.2, -0.15) is 4.37 Å². The summed E-state index contributed by atoms with van der Waals surface area (Å²) >= 11 is 0.988. The minimum absolute atomic E-state index is 0.0640. The van der Waals surface area contributed by atoms with Crippen LogP contribution in [0.25, 0.3) is 0 Å². The highest BCUT2D eigenvalue weighted by atomic mass is 32.1. The highest BCUT2D eigenvalue weighted by Gasteiger charge is 2.26. The maximum atomic E-state index is 11.8. The lowest BCUT2D eigenvalue weighted by Crippen LogP contribution is -2.41. The zero-order chi connectivity index (χ0) is 13.2. The number of carbonyl (C=O) groups is 2. The first-order chi connectivity index (χ1) is 7.90. The molecule has 0 aromatic carbocycles. The van der Waals surface area contributed by atoms with Crippen LogP contribution in [0.4, 0.5) is 5.00 Å². The minimum Gasteiger partial charge on any atom is -0.478 e. The van der Waals surface area contributed by atoms with E-state index in [-0.39, 0.29) is 11.5 Å². The Kier molecular flexibility index (Phi) is 4.19. The normalized spacial score (nSPS) is 12.2. The number of likely N-dealkylation sites (N-methyl/N-ethyl adjacent to an activating group) is 1. The molecule has 0 aliphatic rings. The summed E-state index contributed by atoms with van der Waals surface area (Å²) in [7, 11) is 1.51. The van der Waals surface area contributed by atoms with E-state index in [0.717, 1.165) is 11.5 Å². The van der Waals surface area contributed by atoms with Crippen molar-refractivity contribution in [3.05, 3.63) is 11.3 Å². The molecule has 1 heterocycles. The number of aromatic nitrogens is 1. The number of aryl methyl sites for hydroxylation is 1. The lowest BCUT2D eigenvalue weighted by Gasteiger charge is -2.19. The van der Waals surface area contributed by atoms with Crippen molar-refractivity contribution in [2.24, 2.45) is 5.73 Å². The first-order valence-electron chi connectivity index (χ1n) is 5.12. The van der Waals surface area contributed by atoms with E-state index in [1.165, 1.54) is 11.9 Å². The molecule has 0 aliphatic carbocycles. The van der Waals surface area contributed by atoms with Crippen LogP contribution in [-0.2, 0) is 4.79 Å². The standard InChI is InChI=1S/C10H15N3O3S/c1-4-6(11)8(14)13(3)9-7(10(15)16)5(2)12-17-9/h6H,4,11H2,1-3H3,(H,15,16). The van der Waals surface area contributed by atoms with Crippen LogP contribution in [0.2, 0.25) is 0 Å². The Morgan fingerprint density at radius 1 is 1.59 bits per heavy atom. The summed E-state index contributed by atoms with van der Waals surface area (Å²) in [5.74, 6) is -1.39. The molecule has 0 fully saturated rings. The van der Waals surface area contributed by atoms with Crippen molar-refractivity contribution in [3.63, 3.8) is 0 Å². The van der Waals surface area contributed by atoms with E-state index in [0.29, 0.717) is 17.1 Å². The molecule has 0 radical (unpaired) electrons. The maximum Gasteiger partial charge on any atom is 0.340 e. The second-order valence-electron chi connectivity index (χ2n) is 3.67. The van der Waals surface area contributed by atoms with Gasteiger partial charge in [0, 0.05) is 7.05 Å². The van der Waals surface area contributed by atoms with Crippen LogP contribution in [0.3, 0.4) is 0 Å². The Balaban J connectivity index is 3.09. The van der Waals surface area contributed by atoms with E-state index < -0.39 is 12.0 Å². The van der Waals surface area contributed by atoms with Gasteiger partial charge in [-0.1, -0.05) is 6.92 Å². The Labute approximate surface area is 103 Å². The van der Waals surface area contributed by atoms with Crippen LogP contribution in [0.5, 0.6) is 0 Å². The number of carbonyl (C=O) groups excluding carboxylic acids is 1. The molecule has 3 N–H and O–H groups in total. The van der Waals surface area contributed by atoms with Crippen LogP contribution < -0.4 is 10.6 Å². The topological polar surface area (TPSA) is 96.5 Å². The average Bonchev–Trinajstić information content (AvgIpc) is 2.68. The average molecular weight is 257 g/mol. The molecular formula is C10H15N3O3S. The molecule has 1 unspecified atom stereocenters. The summed E-state index contributed by atoms with van der Waals surface area (Å²) in [5.41, 5.74) is 6.10. The van der Waals surface area contributed by atoms with E-state index in [9.17, 15) is 9.59 Å². The maximum absolute atomic E-state index is 11.8. The van der Waals surface area contributed by atoms with Gasteiger partial charge in [0.25, 0.3) is 0 Å². The Morgan fingerprint density at radius 3 is 2.65 bits per heavy atom. The molecule has 1 atom stereocenters. The highest BCUT2D eigenvalue weighted by Crippen LogP contribution is 2.28. The van der Waals surface area contributed by atoms with Gasteiger partial charge < -0.3 is 15.7 Å². The van der Waals surface area contributed by atoms with Crippen molar-refractivity contribution >= 4 is 28.4 Å². The number of anilines is 1. The predicted octanol–water partition coefficient (Wildman–Crippen LogP) is 0.850. The molecule has 17 heavy (non-hydrogen) atoms. The summed E-state index contributed by atoms with van der Waals surface area (Å²) in [4.78, 5) is 24.2. The van der Waals surface area contributed by atoms with Gasteiger partial charge in [0.2, 0.25) is 5.91 Å². The zero-order valence-electron chi connectivity index (χ0n) is 9.93. The van der Waals surface area contributed by atoms with Crippen molar-refractivity contribution in [3.8, 4) is 0 Å². The molecule has 0 spiro atoms. The number of hydrogen-bond acceptors (Lipinski definition) is 5.